The summed E-state index contributed by atoms with van der Waals surface area (Å²) in [4.78, 5) is 12.8. The van der Waals surface area contributed by atoms with Gasteiger partial charge in [-0.3, -0.25) is 9.10 Å². The highest BCUT2D eigenvalue weighted by Gasteiger charge is 2.28. The molecule has 0 aliphatic heterocycles. The summed E-state index contributed by atoms with van der Waals surface area (Å²) < 4.78 is 41.1. The number of carbonyl (C=O) groups excluding carboxylic acids is 1. The Labute approximate surface area is 176 Å². The average Bonchev–Trinajstić information content (AvgIpc) is 2.70. The van der Waals surface area contributed by atoms with E-state index < -0.39 is 28.3 Å². The van der Waals surface area contributed by atoms with Crippen LogP contribution in [0.4, 0.5) is 15.8 Å². The minimum absolute atomic E-state index is 0.101. The molecule has 0 radical (unpaired) electrons. The Bertz CT molecular complexity index is 1160. The first-order valence-electron chi connectivity index (χ1n) is 9.39. The molecule has 3 aromatic carbocycles. The molecule has 5 nitrogen and oxygen atoms in total. The van der Waals surface area contributed by atoms with Gasteiger partial charge in [0.15, 0.2) is 0 Å². The number of carbonyl (C=O) groups is 1. The SMILES string of the molecule is Cc1ccc(S(=O)(=O)N(CC(=O)Nc2ccc(F)cc2)c2cc(C)ccc2C)cc1. The number of hydrogen-bond donors (Lipinski definition) is 1. The number of nitrogens with one attached hydrogen (secondary N) is 1. The molecule has 0 spiro atoms. The van der Waals surface area contributed by atoms with Gasteiger partial charge < -0.3 is 5.32 Å². The van der Waals surface area contributed by atoms with Crippen molar-refractivity contribution >= 4 is 27.3 Å². The molecule has 0 aliphatic rings. The zero-order chi connectivity index (χ0) is 21.9. The van der Waals surface area contributed by atoms with Gasteiger partial charge in [0.2, 0.25) is 5.91 Å². The number of nitrogens with zero attached hydrogens (tertiary/aromatic N) is 1. The van der Waals surface area contributed by atoms with Gasteiger partial charge in [-0.1, -0.05) is 29.8 Å². The largest absolute Gasteiger partial charge is 0.325 e. The van der Waals surface area contributed by atoms with Crippen LogP contribution in [0.5, 0.6) is 0 Å². The highest BCUT2D eigenvalue weighted by Crippen LogP contribution is 2.28. The van der Waals surface area contributed by atoms with Crippen molar-refractivity contribution in [2.45, 2.75) is 25.7 Å². The maximum absolute atomic E-state index is 13.4. The first-order chi connectivity index (χ1) is 14.2. The molecule has 3 aromatic rings. The van der Waals surface area contributed by atoms with Crippen LogP contribution in [-0.2, 0) is 14.8 Å². The van der Waals surface area contributed by atoms with Crippen LogP contribution in [0, 0.1) is 26.6 Å². The van der Waals surface area contributed by atoms with Gasteiger partial charge in [-0.2, -0.15) is 0 Å². The molecule has 0 heterocycles. The number of hydrogen-bond acceptors (Lipinski definition) is 3. The third-order valence-corrected chi connectivity index (χ3v) is 6.43. The van der Waals surface area contributed by atoms with Crippen molar-refractivity contribution in [2.75, 3.05) is 16.2 Å². The van der Waals surface area contributed by atoms with Gasteiger partial charge in [-0.25, -0.2) is 12.8 Å². The molecule has 0 aliphatic carbocycles. The van der Waals surface area contributed by atoms with Gasteiger partial charge in [0.25, 0.3) is 10.0 Å². The summed E-state index contributed by atoms with van der Waals surface area (Å²) in [6, 6.07) is 17.2. The fourth-order valence-electron chi connectivity index (χ4n) is 2.99. The third-order valence-electron chi connectivity index (χ3n) is 4.66. The molecular formula is C23H23FN2O3S. The summed E-state index contributed by atoms with van der Waals surface area (Å²) in [5, 5.41) is 2.62. The smallest absolute Gasteiger partial charge is 0.264 e. The van der Waals surface area contributed by atoms with Gasteiger partial charge in [0.1, 0.15) is 12.4 Å². The summed E-state index contributed by atoms with van der Waals surface area (Å²) in [5.74, 6) is -0.954. The van der Waals surface area contributed by atoms with Crippen molar-refractivity contribution in [3.63, 3.8) is 0 Å². The van der Waals surface area contributed by atoms with E-state index in [0.29, 0.717) is 11.4 Å². The summed E-state index contributed by atoms with van der Waals surface area (Å²) in [6.07, 6.45) is 0. The lowest BCUT2D eigenvalue weighted by Crippen LogP contribution is -2.38. The van der Waals surface area contributed by atoms with Gasteiger partial charge in [-0.15, -0.1) is 0 Å². The Kier molecular flexibility index (Phi) is 6.22. The van der Waals surface area contributed by atoms with E-state index in [-0.39, 0.29) is 4.90 Å². The zero-order valence-electron chi connectivity index (χ0n) is 17.0. The van der Waals surface area contributed by atoms with Crippen molar-refractivity contribution in [2.24, 2.45) is 0 Å². The van der Waals surface area contributed by atoms with Crippen LogP contribution >= 0.6 is 0 Å². The second kappa shape index (κ2) is 8.67. The number of aryl methyl sites for hydroxylation is 3. The molecule has 0 saturated heterocycles. The fraction of sp³-hybridized carbons (Fsp3) is 0.174. The quantitative estimate of drug-likeness (QED) is 0.627. The predicted octanol–water partition coefficient (Wildman–Crippen LogP) is 4.58. The second-order valence-corrected chi connectivity index (χ2v) is 9.03. The number of halogens is 1. The molecule has 0 atom stereocenters. The lowest BCUT2D eigenvalue weighted by molar-refractivity contribution is -0.114. The van der Waals surface area contributed by atoms with Crippen LogP contribution in [0.15, 0.2) is 71.6 Å². The van der Waals surface area contributed by atoms with Crippen LogP contribution in [0.25, 0.3) is 0 Å². The van der Waals surface area contributed by atoms with Gasteiger partial charge >= 0.3 is 0 Å². The van der Waals surface area contributed by atoms with Crippen LogP contribution in [0.1, 0.15) is 16.7 Å². The maximum Gasteiger partial charge on any atom is 0.264 e. The Morgan fingerprint density at radius 1 is 0.900 bits per heavy atom. The Morgan fingerprint density at radius 2 is 1.50 bits per heavy atom. The zero-order valence-corrected chi connectivity index (χ0v) is 17.8. The van der Waals surface area contributed by atoms with Crippen LogP contribution in [-0.4, -0.2) is 20.9 Å². The molecule has 7 heteroatoms. The van der Waals surface area contributed by atoms with Gasteiger partial charge in [-0.05, 0) is 74.4 Å². The van der Waals surface area contributed by atoms with Crippen LogP contribution < -0.4 is 9.62 Å². The molecule has 1 amide bonds. The number of sulfonamides is 1. The minimum atomic E-state index is -3.99. The standard InChI is InChI=1S/C23H23FN2O3S/c1-16-5-12-21(13-6-16)30(28,29)26(22-14-17(2)4-7-18(22)3)15-23(27)25-20-10-8-19(24)9-11-20/h4-14H,15H2,1-3H3,(H,25,27). The van der Waals surface area contributed by atoms with E-state index in [1.807, 2.05) is 26.0 Å². The van der Waals surface area contributed by atoms with Gasteiger partial charge in [0.05, 0.1) is 10.6 Å². The topological polar surface area (TPSA) is 66.5 Å². The molecule has 156 valence electrons. The summed E-state index contributed by atoms with van der Waals surface area (Å²) >= 11 is 0. The molecule has 1 N–H and O–H groups in total. The van der Waals surface area contributed by atoms with E-state index in [1.54, 1.807) is 25.1 Å². The van der Waals surface area contributed by atoms with E-state index in [4.69, 9.17) is 0 Å². The molecule has 3 rings (SSSR count). The van der Waals surface area contributed by atoms with Crippen molar-refractivity contribution in [3.8, 4) is 0 Å². The van der Waals surface area contributed by atoms with E-state index >= 15 is 0 Å². The Morgan fingerprint density at radius 3 is 2.13 bits per heavy atom. The van der Waals surface area contributed by atoms with Gasteiger partial charge in [0, 0.05) is 5.69 Å². The number of amides is 1. The fourth-order valence-corrected chi connectivity index (χ4v) is 4.47. The lowest BCUT2D eigenvalue weighted by atomic mass is 10.1. The Balaban J connectivity index is 1.99. The van der Waals surface area contributed by atoms with E-state index in [1.165, 1.54) is 36.4 Å². The normalized spacial score (nSPS) is 11.2. The van der Waals surface area contributed by atoms with E-state index in [2.05, 4.69) is 5.32 Å². The maximum atomic E-state index is 13.4. The molecule has 0 unspecified atom stereocenters. The summed E-state index contributed by atoms with van der Waals surface area (Å²) in [7, 11) is -3.99. The van der Waals surface area contributed by atoms with E-state index in [9.17, 15) is 17.6 Å². The summed E-state index contributed by atoms with van der Waals surface area (Å²) in [6.45, 7) is 5.11. The molecule has 0 bridgehead atoms. The van der Waals surface area contributed by atoms with Crippen LogP contribution in [0.3, 0.4) is 0 Å². The molecule has 0 fully saturated rings. The van der Waals surface area contributed by atoms with E-state index in [0.717, 1.165) is 21.0 Å². The second-order valence-electron chi connectivity index (χ2n) is 7.17. The Hall–Kier alpha value is -3.19. The number of benzene rings is 3. The monoisotopic (exact) mass is 426 g/mol. The predicted molar refractivity (Wildman–Crippen MR) is 117 cm³/mol. The molecule has 30 heavy (non-hydrogen) atoms. The summed E-state index contributed by atoms with van der Waals surface area (Å²) in [5.41, 5.74) is 3.35. The number of anilines is 2. The van der Waals surface area contributed by atoms with Crippen molar-refractivity contribution in [1.82, 2.24) is 0 Å². The average molecular weight is 427 g/mol. The molecular weight excluding hydrogens is 403 g/mol. The van der Waals surface area contributed by atoms with Crippen molar-refractivity contribution in [1.29, 1.82) is 0 Å². The highest BCUT2D eigenvalue weighted by molar-refractivity contribution is 7.92. The first-order valence-corrected chi connectivity index (χ1v) is 10.8. The lowest BCUT2D eigenvalue weighted by Gasteiger charge is -2.26. The van der Waals surface area contributed by atoms with Crippen LogP contribution in [0.2, 0.25) is 0 Å². The third kappa shape index (κ3) is 4.86. The molecule has 0 aromatic heterocycles. The molecule has 0 saturated carbocycles. The van der Waals surface area contributed by atoms with Crippen molar-refractivity contribution < 1.29 is 17.6 Å². The first kappa shape index (κ1) is 21.5. The van der Waals surface area contributed by atoms with Crippen molar-refractivity contribution in [3.05, 3.63) is 89.2 Å². The number of rotatable bonds is 6. The highest BCUT2D eigenvalue weighted by atomic mass is 32.2. The minimum Gasteiger partial charge on any atom is -0.325 e.